The minimum absolute atomic E-state index is 0.236. The van der Waals surface area contributed by atoms with E-state index in [0.29, 0.717) is 11.7 Å². The molecule has 1 atom stereocenters. The highest BCUT2D eigenvalue weighted by atomic mass is 79.9. The first-order valence-electron chi connectivity index (χ1n) is 7.81. The lowest BCUT2D eigenvalue weighted by Gasteiger charge is -2.33. The summed E-state index contributed by atoms with van der Waals surface area (Å²) < 4.78 is 1.12. The van der Waals surface area contributed by atoms with E-state index in [4.69, 9.17) is 5.73 Å². The van der Waals surface area contributed by atoms with Crippen LogP contribution in [0.25, 0.3) is 0 Å². The number of thioether (sulfide) groups is 1. The van der Waals surface area contributed by atoms with Crippen molar-refractivity contribution in [3.05, 3.63) is 27.7 Å². The van der Waals surface area contributed by atoms with Gasteiger partial charge in [-0.25, -0.2) is 0 Å². The lowest BCUT2D eigenvalue weighted by Crippen LogP contribution is -2.43. The average molecular weight is 385 g/mol. The minimum Gasteiger partial charge on any atom is -0.342 e. The van der Waals surface area contributed by atoms with Crippen molar-refractivity contribution in [2.75, 3.05) is 18.8 Å². The predicted octanol–water partition coefficient (Wildman–Crippen LogP) is 3.74. The van der Waals surface area contributed by atoms with Crippen molar-refractivity contribution in [2.45, 2.75) is 44.6 Å². The highest BCUT2D eigenvalue weighted by Crippen LogP contribution is 2.29. The van der Waals surface area contributed by atoms with E-state index in [1.54, 1.807) is 11.8 Å². The third-order valence-electron chi connectivity index (χ3n) is 4.44. The molecule has 0 aromatic heterocycles. The Morgan fingerprint density at radius 1 is 1.36 bits per heavy atom. The molecule has 1 amide bonds. The number of benzene rings is 1. The van der Waals surface area contributed by atoms with Crippen molar-refractivity contribution in [1.29, 1.82) is 0 Å². The van der Waals surface area contributed by atoms with E-state index in [0.717, 1.165) is 30.4 Å². The summed E-state index contributed by atoms with van der Waals surface area (Å²) in [6.45, 7) is 7.93. The van der Waals surface area contributed by atoms with Crippen LogP contribution in [0.1, 0.15) is 30.9 Å². The van der Waals surface area contributed by atoms with Gasteiger partial charge < -0.3 is 10.6 Å². The number of amides is 1. The van der Waals surface area contributed by atoms with Gasteiger partial charge in [0.1, 0.15) is 0 Å². The van der Waals surface area contributed by atoms with Gasteiger partial charge >= 0.3 is 0 Å². The molecule has 1 aliphatic rings. The van der Waals surface area contributed by atoms with Crippen LogP contribution >= 0.6 is 27.7 Å². The molecule has 0 saturated carbocycles. The Kier molecular flexibility index (Phi) is 6.36. The molecule has 0 spiro atoms. The Balaban J connectivity index is 1.87. The summed E-state index contributed by atoms with van der Waals surface area (Å²) in [7, 11) is 0. The molecule has 2 rings (SSSR count). The molecule has 1 saturated heterocycles. The van der Waals surface area contributed by atoms with Crippen LogP contribution in [0.5, 0.6) is 0 Å². The number of likely N-dealkylation sites (tertiary alicyclic amines) is 1. The molecule has 5 heteroatoms. The molecular weight excluding hydrogens is 360 g/mol. The maximum atomic E-state index is 12.4. The lowest BCUT2D eigenvalue weighted by molar-refractivity contribution is -0.129. The van der Waals surface area contributed by atoms with E-state index in [2.05, 4.69) is 48.8 Å². The number of carbonyl (C=O) groups excluding carboxylic acids is 1. The van der Waals surface area contributed by atoms with Crippen molar-refractivity contribution >= 4 is 33.6 Å². The number of aryl methyl sites for hydroxylation is 2. The second kappa shape index (κ2) is 7.84. The van der Waals surface area contributed by atoms with Crippen molar-refractivity contribution < 1.29 is 4.79 Å². The maximum absolute atomic E-state index is 12.4. The zero-order chi connectivity index (χ0) is 16.3. The van der Waals surface area contributed by atoms with Gasteiger partial charge in [0.05, 0.1) is 5.75 Å². The molecular formula is C17H25BrN2OS. The second-order valence-corrected chi connectivity index (χ2v) is 8.10. The van der Waals surface area contributed by atoms with Crippen LogP contribution in [-0.2, 0) is 4.79 Å². The van der Waals surface area contributed by atoms with E-state index >= 15 is 0 Å². The molecule has 1 fully saturated rings. The zero-order valence-electron chi connectivity index (χ0n) is 13.6. The fraction of sp³-hybridized carbons (Fsp3) is 0.588. The summed E-state index contributed by atoms with van der Waals surface area (Å²) in [4.78, 5) is 15.6. The fourth-order valence-corrected chi connectivity index (χ4v) is 4.28. The quantitative estimate of drug-likeness (QED) is 0.804. The number of hydrogen-bond donors (Lipinski definition) is 1. The smallest absolute Gasteiger partial charge is 0.232 e. The van der Waals surface area contributed by atoms with Crippen LogP contribution in [-0.4, -0.2) is 35.7 Å². The molecule has 0 radical (unpaired) electrons. The Morgan fingerprint density at radius 2 is 2.00 bits per heavy atom. The SMILES string of the molecule is Cc1cc(SCC(=O)N2CCC(C(C)N)CC2)c(C)cc1Br. The van der Waals surface area contributed by atoms with Crippen molar-refractivity contribution in [3.63, 3.8) is 0 Å². The Labute approximate surface area is 146 Å². The molecule has 1 aromatic rings. The number of halogens is 1. The number of nitrogens with two attached hydrogens (primary N) is 1. The summed E-state index contributed by atoms with van der Waals surface area (Å²) in [5, 5.41) is 0. The third-order valence-corrected chi connectivity index (χ3v) is 6.44. The highest BCUT2D eigenvalue weighted by molar-refractivity contribution is 9.10. The summed E-state index contributed by atoms with van der Waals surface area (Å²) in [5.74, 6) is 1.33. The van der Waals surface area contributed by atoms with Crippen molar-refractivity contribution in [3.8, 4) is 0 Å². The molecule has 22 heavy (non-hydrogen) atoms. The average Bonchev–Trinajstić information content (AvgIpc) is 2.49. The third kappa shape index (κ3) is 4.49. The van der Waals surface area contributed by atoms with Gasteiger partial charge in [-0.05, 0) is 62.8 Å². The predicted molar refractivity (Wildman–Crippen MR) is 97.3 cm³/mol. The number of rotatable bonds is 4. The molecule has 2 N–H and O–H groups in total. The first-order valence-corrected chi connectivity index (χ1v) is 9.59. The van der Waals surface area contributed by atoms with Gasteiger partial charge in [-0.2, -0.15) is 0 Å². The van der Waals surface area contributed by atoms with E-state index in [1.165, 1.54) is 16.0 Å². The molecule has 1 unspecified atom stereocenters. The zero-order valence-corrected chi connectivity index (χ0v) is 16.0. The van der Waals surface area contributed by atoms with Gasteiger partial charge in [-0.3, -0.25) is 4.79 Å². The van der Waals surface area contributed by atoms with Crippen LogP contribution < -0.4 is 5.73 Å². The second-order valence-electron chi connectivity index (χ2n) is 6.23. The number of piperidine rings is 1. The van der Waals surface area contributed by atoms with Gasteiger partial charge in [0.25, 0.3) is 0 Å². The van der Waals surface area contributed by atoms with Crippen LogP contribution in [0.4, 0.5) is 0 Å². The Bertz CT molecular complexity index is 540. The summed E-state index contributed by atoms with van der Waals surface area (Å²) >= 11 is 5.19. The van der Waals surface area contributed by atoms with E-state index in [9.17, 15) is 4.79 Å². The van der Waals surface area contributed by atoms with E-state index in [1.807, 2.05) is 4.90 Å². The maximum Gasteiger partial charge on any atom is 0.232 e. The molecule has 3 nitrogen and oxygen atoms in total. The van der Waals surface area contributed by atoms with Crippen molar-refractivity contribution in [1.82, 2.24) is 4.90 Å². The van der Waals surface area contributed by atoms with Crippen LogP contribution in [0.15, 0.2) is 21.5 Å². The largest absolute Gasteiger partial charge is 0.342 e. The first-order chi connectivity index (χ1) is 10.4. The minimum atomic E-state index is 0.236. The molecule has 122 valence electrons. The number of hydrogen-bond acceptors (Lipinski definition) is 3. The number of carbonyl (C=O) groups is 1. The molecule has 1 aliphatic heterocycles. The molecule has 0 aliphatic carbocycles. The molecule has 1 heterocycles. The van der Waals surface area contributed by atoms with E-state index in [-0.39, 0.29) is 11.9 Å². The van der Waals surface area contributed by atoms with Gasteiger partial charge in [0, 0.05) is 28.5 Å². The summed E-state index contributed by atoms with van der Waals surface area (Å²) in [6, 6.07) is 4.51. The van der Waals surface area contributed by atoms with E-state index < -0.39 is 0 Å². The Morgan fingerprint density at radius 3 is 2.59 bits per heavy atom. The van der Waals surface area contributed by atoms with Gasteiger partial charge in [0.15, 0.2) is 0 Å². The number of nitrogens with zero attached hydrogens (tertiary/aromatic N) is 1. The van der Waals surface area contributed by atoms with Gasteiger partial charge in [0.2, 0.25) is 5.91 Å². The van der Waals surface area contributed by atoms with Crippen molar-refractivity contribution in [2.24, 2.45) is 11.7 Å². The monoisotopic (exact) mass is 384 g/mol. The standard InChI is InChI=1S/C17H25BrN2OS/c1-11-9-16(12(2)8-15(11)18)22-10-17(21)20-6-4-14(5-7-20)13(3)19/h8-9,13-14H,4-7,10,19H2,1-3H3. The van der Waals surface area contributed by atoms with Gasteiger partial charge in [-0.1, -0.05) is 15.9 Å². The topological polar surface area (TPSA) is 46.3 Å². The normalized spacial score (nSPS) is 17.6. The van der Waals surface area contributed by atoms with Crippen LogP contribution in [0, 0.1) is 19.8 Å². The van der Waals surface area contributed by atoms with Gasteiger partial charge in [-0.15, -0.1) is 11.8 Å². The fourth-order valence-electron chi connectivity index (χ4n) is 2.82. The Hall–Kier alpha value is -0.520. The molecule has 1 aromatic carbocycles. The highest BCUT2D eigenvalue weighted by Gasteiger charge is 2.24. The van der Waals surface area contributed by atoms with Crippen LogP contribution in [0.2, 0.25) is 0 Å². The summed E-state index contributed by atoms with van der Waals surface area (Å²) in [5.41, 5.74) is 8.38. The lowest BCUT2D eigenvalue weighted by atomic mass is 9.91. The molecule has 0 bridgehead atoms. The summed E-state index contributed by atoms with van der Waals surface area (Å²) in [6.07, 6.45) is 2.06. The first kappa shape index (κ1) is 17.8. The van der Waals surface area contributed by atoms with Crippen LogP contribution in [0.3, 0.4) is 0 Å².